The van der Waals surface area contributed by atoms with Gasteiger partial charge in [0.15, 0.2) is 0 Å². The van der Waals surface area contributed by atoms with Gasteiger partial charge in [-0.1, -0.05) is 51.1 Å². The van der Waals surface area contributed by atoms with Crippen LogP contribution >= 0.6 is 0 Å². The summed E-state index contributed by atoms with van der Waals surface area (Å²) in [6.07, 6.45) is 4.52. The standard InChI is InChI=1S/C17H17.C5H5.5CH3.Hf/c1-17(2,3)16-9-8-14-10-12-6-4-5-7-13(12)11-15(14)16;1-2-4-5-3-1;;;;;;/h4-7,10-11H,8H2,1-3H3;1-5H;5*1H3;/q7*-1;. The van der Waals surface area contributed by atoms with Gasteiger partial charge in [-0.2, -0.15) is 23.8 Å². The molecule has 0 saturated carbocycles. The molecule has 0 amide bonds. The molecule has 0 aliphatic heterocycles. The van der Waals surface area contributed by atoms with E-state index in [0.717, 1.165) is 6.42 Å². The van der Waals surface area contributed by atoms with Gasteiger partial charge in [0.25, 0.3) is 0 Å². The summed E-state index contributed by atoms with van der Waals surface area (Å²) in [6, 6.07) is 23.2. The number of rotatable bonds is 0. The molecule has 1 aliphatic rings. The van der Waals surface area contributed by atoms with Gasteiger partial charge in [-0.05, 0) is 16.2 Å². The van der Waals surface area contributed by atoms with Crippen LogP contribution in [0.2, 0.25) is 0 Å². The normalized spacial score (nSPS) is 10.5. The van der Waals surface area contributed by atoms with E-state index in [2.05, 4.69) is 63.2 Å². The van der Waals surface area contributed by atoms with Crippen LogP contribution in [0.15, 0.2) is 66.7 Å². The number of hydrogen-bond donors (Lipinski definition) is 0. The van der Waals surface area contributed by atoms with Crippen molar-refractivity contribution < 1.29 is 25.8 Å². The number of benzene rings is 2. The minimum Gasteiger partial charge on any atom is -0.358 e. The van der Waals surface area contributed by atoms with Crippen LogP contribution in [-0.4, -0.2) is 0 Å². The topological polar surface area (TPSA) is 0 Å². The second-order valence-electron chi connectivity index (χ2n) is 6.80. The molecule has 3 aromatic rings. The monoisotopic (exact) mass is 541 g/mol. The molecule has 156 valence electrons. The predicted octanol–water partition coefficient (Wildman–Crippen LogP) is 8.28. The van der Waals surface area contributed by atoms with Crippen molar-refractivity contribution in [2.24, 2.45) is 5.41 Å². The second kappa shape index (κ2) is 14.6. The maximum Gasteiger partial charge on any atom is 0 e. The van der Waals surface area contributed by atoms with Crippen LogP contribution in [-0.2, 0) is 32.3 Å². The van der Waals surface area contributed by atoms with Crippen LogP contribution in [0.4, 0.5) is 0 Å². The van der Waals surface area contributed by atoms with E-state index in [1.807, 2.05) is 30.3 Å². The molecule has 0 bridgehead atoms. The van der Waals surface area contributed by atoms with E-state index in [4.69, 9.17) is 0 Å². The Kier molecular flexibility index (Phi) is 17.9. The van der Waals surface area contributed by atoms with Gasteiger partial charge in [0, 0.05) is 25.8 Å². The first-order valence-electron chi connectivity index (χ1n) is 7.86. The molecule has 0 nitrogen and oxygen atoms in total. The maximum atomic E-state index is 3.55. The summed E-state index contributed by atoms with van der Waals surface area (Å²) in [5.41, 5.74) is 4.39. The summed E-state index contributed by atoms with van der Waals surface area (Å²) < 4.78 is 0. The number of fused-ring (bicyclic) bond motifs is 2. The van der Waals surface area contributed by atoms with Crippen LogP contribution in [0.25, 0.3) is 16.3 Å². The van der Waals surface area contributed by atoms with Crippen molar-refractivity contribution in [2.45, 2.75) is 27.2 Å². The molecule has 0 unspecified atom stereocenters. The maximum absolute atomic E-state index is 3.55. The Bertz CT molecular complexity index is 770. The third kappa shape index (κ3) is 7.95. The SMILES string of the molecule is CC(C)(C)C1=[C-]Cc2cc3ccccc3cc21.[CH3-].[CH3-].[CH3-].[CH3-].[CH3-].[Hf].c1cc[cH-]c1. The number of allylic oxidation sites excluding steroid dienone is 2. The Morgan fingerprint density at radius 3 is 1.71 bits per heavy atom. The van der Waals surface area contributed by atoms with Crippen molar-refractivity contribution >= 4 is 16.3 Å². The van der Waals surface area contributed by atoms with Gasteiger partial charge in [-0.15, -0.1) is 18.1 Å². The van der Waals surface area contributed by atoms with E-state index < -0.39 is 0 Å². The van der Waals surface area contributed by atoms with E-state index >= 15 is 0 Å². The van der Waals surface area contributed by atoms with Gasteiger partial charge in [0.2, 0.25) is 0 Å². The summed E-state index contributed by atoms with van der Waals surface area (Å²) in [4.78, 5) is 0. The van der Waals surface area contributed by atoms with Gasteiger partial charge in [-0.3, -0.25) is 6.08 Å². The average Bonchev–Trinajstić information content (AvgIpc) is 3.16. The third-order valence-electron chi connectivity index (χ3n) is 4.00. The molecule has 1 heteroatoms. The van der Waals surface area contributed by atoms with E-state index in [1.165, 1.54) is 27.5 Å². The first-order valence-corrected chi connectivity index (χ1v) is 7.86. The smallest absolute Gasteiger partial charge is 0 e. The van der Waals surface area contributed by atoms with Crippen molar-refractivity contribution in [2.75, 3.05) is 0 Å². The summed E-state index contributed by atoms with van der Waals surface area (Å²) in [7, 11) is 0. The van der Waals surface area contributed by atoms with Crippen LogP contribution in [0, 0.1) is 48.6 Å². The zero-order valence-electron chi connectivity index (χ0n) is 19.1. The van der Waals surface area contributed by atoms with E-state index in [-0.39, 0.29) is 68.4 Å². The average molecular weight is 540 g/mol. The molecular weight excluding hydrogens is 503 g/mol. The Balaban J connectivity index is -0.000000233. The van der Waals surface area contributed by atoms with E-state index in [9.17, 15) is 0 Å². The van der Waals surface area contributed by atoms with Gasteiger partial charge in [-0.25, -0.2) is 17.7 Å². The van der Waals surface area contributed by atoms with Crippen LogP contribution in [0.3, 0.4) is 0 Å². The molecule has 0 atom stereocenters. The first-order chi connectivity index (χ1) is 10.6. The molecule has 0 heterocycles. The van der Waals surface area contributed by atoms with Crippen molar-refractivity contribution in [3.8, 4) is 0 Å². The van der Waals surface area contributed by atoms with Gasteiger partial charge in [0.1, 0.15) is 0 Å². The predicted molar refractivity (Wildman–Crippen MR) is 128 cm³/mol. The Morgan fingerprint density at radius 2 is 1.29 bits per heavy atom. The quantitative estimate of drug-likeness (QED) is 0.199. The van der Waals surface area contributed by atoms with Gasteiger partial charge in [0.05, 0.1) is 0 Å². The molecule has 0 N–H and O–H groups in total. The van der Waals surface area contributed by atoms with Crippen LogP contribution < -0.4 is 0 Å². The first kappa shape index (κ1) is 34.2. The zero-order chi connectivity index (χ0) is 15.6. The fraction of sp³-hybridized carbons (Fsp3) is 0.185. The summed E-state index contributed by atoms with van der Waals surface area (Å²) >= 11 is 0. The molecule has 0 fully saturated rings. The van der Waals surface area contributed by atoms with Crippen molar-refractivity contribution in [3.05, 3.63) is 121 Å². The minimum absolute atomic E-state index is 0. The van der Waals surface area contributed by atoms with Crippen LogP contribution in [0.5, 0.6) is 0 Å². The molecule has 28 heavy (non-hydrogen) atoms. The molecular formula is C27H37Hf-7. The van der Waals surface area contributed by atoms with E-state index in [1.54, 1.807) is 0 Å². The molecule has 0 aromatic heterocycles. The van der Waals surface area contributed by atoms with E-state index in [0.29, 0.717) is 0 Å². The molecule has 4 rings (SSSR count). The molecule has 0 saturated heterocycles. The summed E-state index contributed by atoms with van der Waals surface area (Å²) in [5.74, 6) is 0. The largest absolute Gasteiger partial charge is 0.358 e. The third-order valence-corrected chi connectivity index (χ3v) is 4.00. The molecule has 0 radical (unpaired) electrons. The zero-order valence-corrected chi connectivity index (χ0v) is 22.7. The fourth-order valence-corrected chi connectivity index (χ4v) is 2.94. The Labute approximate surface area is 195 Å². The molecule has 0 spiro atoms. The fourth-order valence-electron chi connectivity index (χ4n) is 2.94. The summed E-state index contributed by atoms with van der Waals surface area (Å²) in [6.45, 7) is 6.79. The second-order valence-corrected chi connectivity index (χ2v) is 6.80. The molecule has 3 aromatic carbocycles. The van der Waals surface area contributed by atoms with Crippen molar-refractivity contribution in [3.63, 3.8) is 0 Å². The number of hydrogen-bond acceptors (Lipinski definition) is 0. The van der Waals surface area contributed by atoms with Gasteiger partial charge >= 0.3 is 0 Å². The molecule has 1 aliphatic carbocycles. The Morgan fingerprint density at radius 1 is 0.786 bits per heavy atom. The Hall–Kier alpha value is -1.34. The van der Waals surface area contributed by atoms with Crippen molar-refractivity contribution in [1.82, 2.24) is 0 Å². The van der Waals surface area contributed by atoms with Crippen LogP contribution in [0.1, 0.15) is 31.9 Å². The van der Waals surface area contributed by atoms with Gasteiger partial charge < -0.3 is 37.1 Å². The minimum atomic E-state index is 0. The summed E-state index contributed by atoms with van der Waals surface area (Å²) in [5, 5.41) is 2.67. The van der Waals surface area contributed by atoms with Crippen molar-refractivity contribution in [1.29, 1.82) is 0 Å².